The third-order valence-corrected chi connectivity index (χ3v) is 4.35. The van der Waals surface area contributed by atoms with Crippen LogP contribution in [0.3, 0.4) is 0 Å². The Kier molecular flexibility index (Phi) is 5.03. The summed E-state index contributed by atoms with van der Waals surface area (Å²) in [7, 11) is 0. The van der Waals surface area contributed by atoms with Crippen LogP contribution in [0, 0.1) is 11.6 Å². The van der Waals surface area contributed by atoms with Crippen molar-refractivity contribution < 1.29 is 18.4 Å². The first-order valence-corrected chi connectivity index (χ1v) is 8.16. The molecule has 9 heteroatoms. The van der Waals surface area contributed by atoms with E-state index in [1.807, 2.05) is 0 Å². The van der Waals surface area contributed by atoms with E-state index >= 15 is 0 Å². The first-order valence-electron chi connectivity index (χ1n) is 7.78. The van der Waals surface area contributed by atoms with Gasteiger partial charge < -0.3 is 15.5 Å². The van der Waals surface area contributed by atoms with E-state index in [1.165, 1.54) is 17.2 Å². The Balaban J connectivity index is 1.66. The van der Waals surface area contributed by atoms with Crippen molar-refractivity contribution in [1.29, 1.82) is 0 Å². The number of rotatable bonds is 4. The van der Waals surface area contributed by atoms with Gasteiger partial charge in [0.1, 0.15) is 23.3 Å². The molecule has 1 aliphatic heterocycles. The number of pyridine rings is 1. The first kappa shape index (κ1) is 18.1. The molecule has 0 radical (unpaired) electrons. The number of fused-ring (bicyclic) bond motifs is 1. The van der Waals surface area contributed by atoms with E-state index < -0.39 is 29.6 Å². The Morgan fingerprint density at radius 3 is 2.92 bits per heavy atom. The third-order valence-electron chi connectivity index (χ3n) is 4.02. The summed E-state index contributed by atoms with van der Waals surface area (Å²) < 4.78 is 26.8. The van der Waals surface area contributed by atoms with Gasteiger partial charge in [-0.3, -0.25) is 4.79 Å². The summed E-state index contributed by atoms with van der Waals surface area (Å²) in [6.45, 7) is 1.45. The van der Waals surface area contributed by atoms with Gasteiger partial charge in [-0.25, -0.2) is 18.6 Å². The molecule has 6 nitrogen and oxygen atoms in total. The number of amides is 3. The Bertz CT molecular complexity index is 878. The van der Waals surface area contributed by atoms with Crippen molar-refractivity contribution in [3.8, 4) is 0 Å². The van der Waals surface area contributed by atoms with Crippen LogP contribution in [-0.4, -0.2) is 28.4 Å². The molecular weight excluding hydrogens is 366 g/mol. The minimum Gasteiger partial charge on any atom is -0.348 e. The average Bonchev–Trinajstić information content (AvgIpc) is 2.56. The zero-order valence-corrected chi connectivity index (χ0v) is 14.5. The SMILES string of the molecule is C[C@H](NC(=O)CN1Cc2c(ccnc2Cl)NC1=O)c1ccc(F)cc1F. The van der Waals surface area contributed by atoms with Gasteiger partial charge in [0.2, 0.25) is 5.91 Å². The summed E-state index contributed by atoms with van der Waals surface area (Å²) in [5, 5.41) is 5.47. The van der Waals surface area contributed by atoms with Crippen molar-refractivity contribution in [1.82, 2.24) is 15.2 Å². The molecule has 1 aromatic heterocycles. The van der Waals surface area contributed by atoms with Crippen LogP contribution in [0.15, 0.2) is 30.5 Å². The van der Waals surface area contributed by atoms with Gasteiger partial charge in [-0.1, -0.05) is 17.7 Å². The second kappa shape index (κ2) is 7.25. The molecular formula is C17H15ClF2N4O2. The third kappa shape index (κ3) is 3.75. The maximum Gasteiger partial charge on any atom is 0.322 e. The maximum atomic E-state index is 13.8. The molecule has 3 amide bonds. The predicted molar refractivity (Wildman–Crippen MR) is 91.6 cm³/mol. The van der Waals surface area contributed by atoms with E-state index in [1.54, 1.807) is 13.0 Å². The Labute approximate surface area is 153 Å². The lowest BCUT2D eigenvalue weighted by Gasteiger charge is -2.29. The molecule has 1 atom stereocenters. The zero-order valence-electron chi connectivity index (χ0n) is 13.7. The number of anilines is 1. The molecule has 2 heterocycles. The van der Waals surface area contributed by atoms with E-state index in [4.69, 9.17) is 11.6 Å². The van der Waals surface area contributed by atoms with Gasteiger partial charge in [0, 0.05) is 23.4 Å². The summed E-state index contributed by atoms with van der Waals surface area (Å²) in [5.41, 5.74) is 1.31. The maximum absolute atomic E-state index is 13.8. The van der Waals surface area contributed by atoms with Crippen LogP contribution in [0.1, 0.15) is 24.1 Å². The largest absolute Gasteiger partial charge is 0.348 e. The number of carbonyl (C=O) groups excluding carboxylic acids is 2. The lowest BCUT2D eigenvalue weighted by molar-refractivity contribution is -0.122. The van der Waals surface area contributed by atoms with Crippen LogP contribution < -0.4 is 10.6 Å². The van der Waals surface area contributed by atoms with Gasteiger partial charge in [-0.2, -0.15) is 0 Å². The minimum absolute atomic E-state index is 0.126. The molecule has 3 rings (SSSR count). The van der Waals surface area contributed by atoms with E-state index in [9.17, 15) is 18.4 Å². The number of aromatic nitrogens is 1. The van der Waals surface area contributed by atoms with Crippen LogP contribution in [0.2, 0.25) is 5.15 Å². The summed E-state index contributed by atoms with van der Waals surface area (Å²) in [5.74, 6) is -1.93. The fourth-order valence-corrected chi connectivity index (χ4v) is 2.93. The van der Waals surface area contributed by atoms with Gasteiger partial charge in [0.15, 0.2) is 0 Å². The van der Waals surface area contributed by atoms with Crippen molar-refractivity contribution in [2.24, 2.45) is 0 Å². The number of urea groups is 1. The van der Waals surface area contributed by atoms with Gasteiger partial charge >= 0.3 is 6.03 Å². The standard InChI is InChI=1S/C17H15ClF2N4O2/c1-9(11-3-2-10(19)6-13(11)20)22-15(25)8-24-7-12-14(23-17(24)26)4-5-21-16(12)18/h2-6,9H,7-8H2,1H3,(H,22,25)(H,23,26)/t9-/m0/s1. The van der Waals surface area contributed by atoms with Crippen molar-refractivity contribution in [3.05, 3.63) is 58.4 Å². The number of nitrogens with zero attached hydrogens (tertiary/aromatic N) is 2. The number of hydrogen-bond donors (Lipinski definition) is 2. The lowest BCUT2D eigenvalue weighted by atomic mass is 10.1. The van der Waals surface area contributed by atoms with Crippen LogP contribution in [0.5, 0.6) is 0 Å². The molecule has 0 fully saturated rings. The zero-order chi connectivity index (χ0) is 18.8. The fourth-order valence-electron chi connectivity index (χ4n) is 2.71. The average molecular weight is 381 g/mol. The fraction of sp³-hybridized carbons (Fsp3) is 0.235. The highest BCUT2D eigenvalue weighted by atomic mass is 35.5. The van der Waals surface area contributed by atoms with Gasteiger partial charge in [0.25, 0.3) is 0 Å². The normalized spacial score (nSPS) is 14.5. The van der Waals surface area contributed by atoms with Crippen LogP contribution in [0.25, 0.3) is 0 Å². The number of benzene rings is 1. The second-order valence-corrected chi connectivity index (χ2v) is 6.23. The summed E-state index contributed by atoms with van der Waals surface area (Å²) in [6.07, 6.45) is 1.47. The summed E-state index contributed by atoms with van der Waals surface area (Å²) >= 11 is 6.02. The molecule has 0 aliphatic carbocycles. The first-order chi connectivity index (χ1) is 12.3. The van der Waals surface area contributed by atoms with Gasteiger partial charge in [-0.15, -0.1) is 0 Å². The number of carbonyl (C=O) groups is 2. The predicted octanol–water partition coefficient (Wildman–Crippen LogP) is 3.24. The lowest BCUT2D eigenvalue weighted by Crippen LogP contribution is -2.45. The summed E-state index contributed by atoms with van der Waals surface area (Å²) in [4.78, 5) is 29.6. The van der Waals surface area contributed by atoms with Gasteiger partial charge in [-0.05, 0) is 19.1 Å². The van der Waals surface area contributed by atoms with Crippen molar-refractivity contribution in [3.63, 3.8) is 0 Å². The molecule has 136 valence electrons. The van der Waals surface area contributed by atoms with E-state index in [2.05, 4.69) is 15.6 Å². The molecule has 0 bridgehead atoms. The van der Waals surface area contributed by atoms with E-state index in [-0.39, 0.29) is 23.8 Å². The number of nitrogens with one attached hydrogen (secondary N) is 2. The Hall–Kier alpha value is -2.74. The number of hydrogen-bond acceptors (Lipinski definition) is 3. The van der Waals surface area contributed by atoms with Crippen LogP contribution >= 0.6 is 11.6 Å². The molecule has 26 heavy (non-hydrogen) atoms. The highest BCUT2D eigenvalue weighted by molar-refractivity contribution is 6.30. The summed E-state index contributed by atoms with van der Waals surface area (Å²) in [6, 6.07) is 3.62. The van der Waals surface area contributed by atoms with E-state index in [0.717, 1.165) is 12.1 Å². The molecule has 0 spiro atoms. The molecule has 0 saturated carbocycles. The topological polar surface area (TPSA) is 74.3 Å². The molecule has 2 N–H and O–H groups in total. The van der Waals surface area contributed by atoms with Crippen molar-refractivity contribution in [2.45, 2.75) is 19.5 Å². The Morgan fingerprint density at radius 2 is 2.19 bits per heavy atom. The molecule has 1 aromatic carbocycles. The van der Waals surface area contributed by atoms with Crippen molar-refractivity contribution >= 4 is 29.2 Å². The molecule has 0 saturated heterocycles. The van der Waals surface area contributed by atoms with Crippen LogP contribution in [0.4, 0.5) is 19.3 Å². The quantitative estimate of drug-likeness (QED) is 0.800. The number of halogens is 3. The van der Waals surface area contributed by atoms with E-state index in [0.29, 0.717) is 11.3 Å². The molecule has 1 aliphatic rings. The molecule has 2 aromatic rings. The second-order valence-electron chi connectivity index (χ2n) is 5.87. The highest BCUT2D eigenvalue weighted by Crippen LogP contribution is 2.27. The van der Waals surface area contributed by atoms with Crippen molar-refractivity contribution in [2.75, 3.05) is 11.9 Å². The minimum atomic E-state index is -0.750. The van der Waals surface area contributed by atoms with Crippen LogP contribution in [-0.2, 0) is 11.3 Å². The highest BCUT2D eigenvalue weighted by Gasteiger charge is 2.27. The Morgan fingerprint density at radius 1 is 1.42 bits per heavy atom. The monoisotopic (exact) mass is 380 g/mol. The smallest absolute Gasteiger partial charge is 0.322 e. The van der Waals surface area contributed by atoms with Gasteiger partial charge in [0.05, 0.1) is 18.3 Å². The molecule has 0 unspecified atom stereocenters.